The Labute approximate surface area is 158 Å². The fourth-order valence-electron chi connectivity index (χ4n) is 3.01. The fraction of sp³-hybridized carbons (Fsp3) is 0.143. The molecule has 0 saturated carbocycles. The number of aromatic nitrogens is 3. The van der Waals surface area contributed by atoms with Crippen molar-refractivity contribution in [2.24, 2.45) is 0 Å². The van der Waals surface area contributed by atoms with Gasteiger partial charge in [-0.2, -0.15) is 0 Å². The fourth-order valence-corrected chi connectivity index (χ4v) is 3.64. The average Bonchev–Trinajstić information content (AvgIpc) is 3.05. The van der Waals surface area contributed by atoms with E-state index in [0.717, 1.165) is 33.5 Å². The highest BCUT2D eigenvalue weighted by molar-refractivity contribution is 7.90. The number of pyridine rings is 2. The summed E-state index contributed by atoms with van der Waals surface area (Å²) in [7, 11) is -3.20. The molecule has 4 rings (SSSR count). The summed E-state index contributed by atoms with van der Waals surface area (Å²) >= 11 is 0. The van der Waals surface area contributed by atoms with Gasteiger partial charge in [-0.05, 0) is 48.9 Å². The van der Waals surface area contributed by atoms with Crippen molar-refractivity contribution in [1.29, 1.82) is 0 Å². The Kier molecular flexibility index (Phi) is 4.28. The molecule has 136 valence electrons. The standard InChI is InChI=1S/C21H19N3O2S/c1-15-3-4-16(13-22-15)14-24-12-11-18-7-10-20(23-21(18)24)17-5-8-19(9-6-17)27(2,25)26/h3-13H,14H2,1-2H3. The summed E-state index contributed by atoms with van der Waals surface area (Å²) in [5.41, 5.74) is 4.69. The lowest BCUT2D eigenvalue weighted by atomic mass is 10.1. The van der Waals surface area contributed by atoms with E-state index in [9.17, 15) is 8.42 Å². The normalized spacial score (nSPS) is 11.8. The van der Waals surface area contributed by atoms with Gasteiger partial charge in [-0.3, -0.25) is 4.98 Å². The molecule has 3 heterocycles. The summed E-state index contributed by atoms with van der Waals surface area (Å²) in [6, 6.07) is 16.9. The Morgan fingerprint density at radius 3 is 2.41 bits per heavy atom. The molecule has 0 unspecified atom stereocenters. The van der Waals surface area contributed by atoms with E-state index in [2.05, 4.69) is 15.6 Å². The SMILES string of the molecule is Cc1ccc(Cn2ccc3ccc(-c4ccc(S(C)(=O)=O)cc4)nc32)cn1. The van der Waals surface area contributed by atoms with Crippen LogP contribution in [0.15, 0.2) is 71.9 Å². The minimum absolute atomic E-state index is 0.308. The molecular weight excluding hydrogens is 358 g/mol. The smallest absolute Gasteiger partial charge is 0.175 e. The van der Waals surface area contributed by atoms with Crippen molar-refractivity contribution in [3.05, 3.63) is 78.2 Å². The number of nitrogens with zero attached hydrogens (tertiary/aromatic N) is 3. The maximum Gasteiger partial charge on any atom is 0.175 e. The van der Waals surface area contributed by atoms with Gasteiger partial charge >= 0.3 is 0 Å². The molecule has 0 bridgehead atoms. The lowest BCUT2D eigenvalue weighted by Gasteiger charge is -2.07. The Morgan fingerprint density at radius 1 is 0.963 bits per heavy atom. The van der Waals surface area contributed by atoms with Crippen LogP contribution in [0.4, 0.5) is 0 Å². The van der Waals surface area contributed by atoms with Gasteiger partial charge in [0.15, 0.2) is 9.84 Å². The molecular formula is C21H19N3O2S. The van der Waals surface area contributed by atoms with Crippen molar-refractivity contribution in [2.45, 2.75) is 18.4 Å². The summed E-state index contributed by atoms with van der Waals surface area (Å²) in [4.78, 5) is 9.46. The van der Waals surface area contributed by atoms with Crippen LogP contribution in [-0.4, -0.2) is 29.2 Å². The first-order chi connectivity index (χ1) is 12.9. The third-order valence-electron chi connectivity index (χ3n) is 4.52. The molecule has 1 aromatic carbocycles. The summed E-state index contributed by atoms with van der Waals surface area (Å²) in [6.07, 6.45) is 5.11. The Bertz CT molecular complexity index is 1210. The molecule has 0 atom stereocenters. The molecule has 5 nitrogen and oxygen atoms in total. The third-order valence-corrected chi connectivity index (χ3v) is 5.64. The van der Waals surface area contributed by atoms with Gasteiger partial charge in [0.25, 0.3) is 0 Å². The highest BCUT2D eigenvalue weighted by atomic mass is 32.2. The Hall–Kier alpha value is -2.99. The molecule has 27 heavy (non-hydrogen) atoms. The molecule has 0 fully saturated rings. The first-order valence-corrected chi connectivity index (χ1v) is 10.5. The van der Waals surface area contributed by atoms with Gasteiger partial charge < -0.3 is 4.57 Å². The van der Waals surface area contributed by atoms with Crippen LogP contribution in [0, 0.1) is 6.92 Å². The number of hydrogen-bond donors (Lipinski definition) is 0. The van der Waals surface area contributed by atoms with E-state index in [1.807, 2.05) is 43.6 Å². The second kappa shape index (κ2) is 6.63. The van der Waals surface area contributed by atoms with Gasteiger partial charge in [0, 0.05) is 35.3 Å². The zero-order valence-electron chi connectivity index (χ0n) is 15.1. The van der Waals surface area contributed by atoms with E-state index in [1.54, 1.807) is 24.3 Å². The predicted molar refractivity (Wildman–Crippen MR) is 106 cm³/mol. The van der Waals surface area contributed by atoms with E-state index in [1.165, 1.54) is 6.26 Å². The number of aryl methyl sites for hydroxylation is 1. The van der Waals surface area contributed by atoms with Crippen LogP contribution in [0.3, 0.4) is 0 Å². The molecule has 0 aliphatic heterocycles. The van der Waals surface area contributed by atoms with Gasteiger partial charge in [-0.25, -0.2) is 13.4 Å². The van der Waals surface area contributed by atoms with Crippen LogP contribution in [0.5, 0.6) is 0 Å². The zero-order chi connectivity index (χ0) is 19.0. The van der Waals surface area contributed by atoms with Gasteiger partial charge in [-0.15, -0.1) is 0 Å². The Morgan fingerprint density at radius 2 is 1.74 bits per heavy atom. The van der Waals surface area contributed by atoms with E-state index in [0.29, 0.717) is 11.4 Å². The monoisotopic (exact) mass is 377 g/mol. The highest BCUT2D eigenvalue weighted by Gasteiger charge is 2.09. The molecule has 0 N–H and O–H groups in total. The summed E-state index contributed by atoms with van der Waals surface area (Å²) < 4.78 is 25.4. The van der Waals surface area contributed by atoms with Crippen LogP contribution in [0.25, 0.3) is 22.3 Å². The maximum atomic E-state index is 11.6. The first kappa shape index (κ1) is 17.4. The average molecular weight is 377 g/mol. The van der Waals surface area contributed by atoms with Crippen LogP contribution in [0.2, 0.25) is 0 Å². The quantitative estimate of drug-likeness (QED) is 0.542. The van der Waals surface area contributed by atoms with E-state index < -0.39 is 9.84 Å². The van der Waals surface area contributed by atoms with Gasteiger partial charge in [0.2, 0.25) is 0 Å². The topological polar surface area (TPSA) is 64.8 Å². The predicted octanol–water partition coefficient (Wildman–Crippen LogP) is 3.86. The lowest BCUT2D eigenvalue weighted by Crippen LogP contribution is -2.00. The van der Waals surface area contributed by atoms with Gasteiger partial charge in [0.05, 0.1) is 17.1 Å². The second-order valence-corrected chi connectivity index (χ2v) is 8.67. The summed E-state index contributed by atoms with van der Waals surface area (Å²) in [5, 5.41) is 1.06. The molecule has 0 saturated heterocycles. The van der Waals surface area contributed by atoms with Crippen molar-refractivity contribution < 1.29 is 8.42 Å². The van der Waals surface area contributed by atoms with Gasteiger partial charge in [-0.1, -0.05) is 18.2 Å². The van der Waals surface area contributed by atoms with E-state index in [4.69, 9.17) is 4.98 Å². The van der Waals surface area contributed by atoms with Crippen molar-refractivity contribution in [2.75, 3.05) is 6.26 Å². The van der Waals surface area contributed by atoms with Crippen LogP contribution in [-0.2, 0) is 16.4 Å². The number of benzene rings is 1. The van der Waals surface area contributed by atoms with Crippen molar-refractivity contribution in [3.63, 3.8) is 0 Å². The number of fused-ring (bicyclic) bond motifs is 1. The largest absolute Gasteiger partial charge is 0.328 e. The number of rotatable bonds is 4. The molecule has 0 spiro atoms. The molecule has 0 aliphatic carbocycles. The van der Waals surface area contributed by atoms with Crippen molar-refractivity contribution in [3.8, 4) is 11.3 Å². The van der Waals surface area contributed by atoms with Crippen molar-refractivity contribution in [1.82, 2.24) is 14.5 Å². The molecule has 0 radical (unpaired) electrons. The van der Waals surface area contributed by atoms with Crippen LogP contribution in [0.1, 0.15) is 11.3 Å². The van der Waals surface area contributed by atoms with E-state index in [-0.39, 0.29) is 0 Å². The minimum atomic E-state index is -3.20. The second-order valence-electron chi connectivity index (χ2n) is 6.66. The minimum Gasteiger partial charge on any atom is -0.328 e. The number of hydrogen-bond acceptors (Lipinski definition) is 4. The number of sulfone groups is 1. The third kappa shape index (κ3) is 3.61. The zero-order valence-corrected chi connectivity index (χ0v) is 15.9. The summed E-state index contributed by atoms with van der Waals surface area (Å²) in [5.74, 6) is 0. The Balaban J connectivity index is 1.70. The molecule has 4 aromatic rings. The molecule has 0 amide bonds. The molecule has 3 aromatic heterocycles. The maximum absolute atomic E-state index is 11.6. The highest BCUT2D eigenvalue weighted by Crippen LogP contribution is 2.23. The molecule has 6 heteroatoms. The lowest BCUT2D eigenvalue weighted by molar-refractivity contribution is 0.602. The summed E-state index contributed by atoms with van der Waals surface area (Å²) in [6.45, 7) is 2.66. The van der Waals surface area contributed by atoms with Crippen LogP contribution < -0.4 is 0 Å². The molecule has 0 aliphatic rings. The van der Waals surface area contributed by atoms with Crippen LogP contribution >= 0.6 is 0 Å². The first-order valence-electron chi connectivity index (χ1n) is 8.58. The van der Waals surface area contributed by atoms with E-state index >= 15 is 0 Å². The van der Waals surface area contributed by atoms with Crippen molar-refractivity contribution >= 4 is 20.9 Å². The van der Waals surface area contributed by atoms with Gasteiger partial charge in [0.1, 0.15) is 5.65 Å².